The molecule has 0 unspecified atom stereocenters. The summed E-state index contributed by atoms with van der Waals surface area (Å²) in [6.45, 7) is 0. The summed E-state index contributed by atoms with van der Waals surface area (Å²) in [6, 6.07) is 5.59. The maximum Gasteiger partial charge on any atom is 0.419 e. The summed E-state index contributed by atoms with van der Waals surface area (Å²) in [5, 5.41) is 0. The summed E-state index contributed by atoms with van der Waals surface area (Å²) in [5.74, 6) is -2.44. The van der Waals surface area contributed by atoms with Crippen molar-refractivity contribution < 1.29 is 22.4 Å². The lowest BCUT2D eigenvalue weighted by molar-refractivity contribution is -0.140. The van der Waals surface area contributed by atoms with Gasteiger partial charge in [0.2, 0.25) is 0 Å². The highest BCUT2D eigenvalue weighted by Crippen LogP contribution is 2.32. The standard InChI is InChI=1S/C14H10F4N2O/c1-20(9-5-7-19-8-6-9)13(21)10-3-2-4-11(12(10)15)14(16,17)18/h2-8H,1H3. The van der Waals surface area contributed by atoms with Gasteiger partial charge in [-0.3, -0.25) is 9.78 Å². The molecule has 7 heteroatoms. The van der Waals surface area contributed by atoms with Gasteiger partial charge in [0.1, 0.15) is 5.82 Å². The molecular weight excluding hydrogens is 288 g/mol. The molecule has 1 heterocycles. The quantitative estimate of drug-likeness (QED) is 0.795. The number of benzene rings is 1. The van der Waals surface area contributed by atoms with Crippen molar-refractivity contribution in [3.63, 3.8) is 0 Å². The van der Waals surface area contributed by atoms with Gasteiger partial charge in [0.25, 0.3) is 5.91 Å². The van der Waals surface area contributed by atoms with Crippen LogP contribution in [-0.4, -0.2) is 17.9 Å². The lowest BCUT2D eigenvalue weighted by Gasteiger charge is -2.18. The summed E-state index contributed by atoms with van der Waals surface area (Å²) in [6.07, 6.45) is -2.02. The van der Waals surface area contributed by atoms with Crippen LogP contribution in [0, 0.1) is 5.82 Å². The summed E-state index contributed by atoms with van der Waals surface area (Å²) in [5.41, 5.74) is -1.70. The van der Waals surface area contributed by atoms with E-state index in [1.54, 1.807) is 0 Å². The molecule has 2 rings (SSSR count). The van der Waals surface area contributed by atoms with E-state index in [4.69, 9.17) is 0 Å². The van der Waals surface area contributed by atoms with Crippen molar-refractivity contribution in [2.24, 2.45) is 0 Å². The predicted octanol–water partition coefficient (Wildman–Crippen LogP) is 3.52. The summed E-state index contributed by atoms with van der Waals surface area (Å²) in [4.78, 5) is 17.0. The van der Waals surface area contributed by atoms with Crippen molar-refractivity contribution in [3.05, 3.63) is 59.7 Å². The van der Waals surface area contributed by atoms with Crippen molar-refractivity contribution in [2.75, 3.05) is 11.9 Å². The SMILES string of the molecule is CN(C(=O)c1cccc(C(F)(F)F)c1F)c1ccncc1. The number of halogens is 4. The monoisotopic (exact) mass is 298 g/mol. The third-order valence-electron chi connectivity index (χ3n) is 2.89. The van der Waals surface area contributed by atoms with Crippen LogP contribution in [0.25, 0.3) is 0 Å². The van der Waals surface area contributed by atoms with Gasteiger partial charge >= 0.3 is 6.18 Å². The number of rotatable bonds is 2. The Bertz CT molecular complexity index is 656. The predicted molar refractivity (Wildman–Crippen MR) is 68.4 cm³/mol. The van der Waals surface area contributed by atoms with E-state index in [-0.39, 0.29) is 0 Å². The van der Waals surface area contributed by atoms with Crippen molar-refractivity contribution in [2.45, 2.75) is 6.18 Å². The average molecular weight is 298 g/mol. The average Bonchev–Trinajstić information content (AvgIpc) is 2.45. The van der Waals surface area contributed by atoms with E-state index >= 15 is 0 Å². The van der Waals surface area contributed by atoms with Crippen LogP contribution in [-0.2, 0) is 6.18 Å². The molecule has 0 N–H and O–H groups in total. The number of alkyl halides is 3. The molecule has 1 aromatic heterocycles. The summed E-state index contributed by atoms with van der Waals surface area (Å²) in [7, 11) is 1.34. The zero-order valence-corrected chi connectivity index (χ0v) is 10.9. The fourth-order valence-electron chi connectivity index (χ4n) is 1.78. The van der Waals surface area contributed by atoms with E-state index in [1.807, 2.05) is 0 Å². The molecule has 0 aliphatic rings. The molecule has 0 aliphatic carbocycles. The third-order valence-corrected chi connectivity index (χ3v) is 2.89. The summed E-state index contributed by atoms with van der Waals surface area (Å²) < 4.78 is 51.8. The Labute approximate surface area is 117 Å². The number of carbonyl (C=O) groups excluding carboxylic acids is 1. The fourth-order valence-corrected chi connectivity index (χ4v) is 1.78. The van der Waals surface area contributed by atoms with Crippen LogP contribution >= 0.6 is 0 Å². The van der Waals surface area contributed by atoms with Gasteiger partial charge in [-0.15, -0.1) is 0 Å². The normalized spacial score (nSPS) is 11.3. The van der Waals surface area contributed by atoms with Crippen LogP contribution in [0.5, 0.6) is 0 Å². The second-order valence-electron chi connectivity index (χ2n) is 4.23. The Morgan fingerprint density at radius 1 is 1.14 bits per heavy atom. The lowest BCUT2D eigenvalue weighted by atomic mass is 10.1. The van der Waals surface area contributed by atoms with Crippen LogP contribution in [0.2, 0.25) is 0 Å². The summed E-state index contributed by atoms with van der Waals surface area (Å²) >= 11 is 0. The Morgan fingerprint density at radius 3 is 2.33 bits per heavy atom. The number of aromatic nitrogens is 1. The molecule has 0 saturated heterocycles. The number of anilines is 1. The molecule has 3 nitrogen and oxygen atoms in total. The van der Waals surface area contributed by atoms with E-state index in [0.29, 0.717) is 11.8 Å². The molecule has 1 aromatic carbocycles. The molecule has 0 fully saturated rings. The van der Waals surface area contributed by atoms with Crippen LogP contribution in [0.3, 0.4) is 0 Å². The molecule has 2 aromatic rings. The van der Waals surface area contributed by atoms with E-state index < -0.39 is 29.0 Å². The molecule has 0 atom stereocenters. The van der Waals surface area contributed by atoms with Gasteiger partial charge in [-0.1, -0.05) is 6.07 Å². The van der Waals surface area contributed by atoms with E-state index in [9.17, 15) is 22.4 Å². The molecule has 0 bridgehead atoms. The van der Waals surface area contributed by atoms with Gasteiger partial charge in [-0.2, -0.15) is 13.2 Å². The number of nitrogens with zero attached hydrogens (tertiary/aromatic N) is 2. The van der Waals surface area contributed by atoms with Gasteiger partial charge < -0.3 is 4.90 Å². The molecule has 0 saturated carbocycles. The largest absolute Gasteiger partial charge is 0.419 e. The van der Waals surface area contributed by atoms with E-state index in [2.05, 4.69) is 4.98 Å². The fraction of sp³-hybridized carbons (Fsp3) is 0.143. The Balaban J connectivity index is 2.41. The number of carbonyl (C=O) groups is 1. The Kier molecular flexibility index (Phi) is 3.93. The Morgan fingerprint density at radius 2 is 1.76 bits per heavy atom. The molecule has 0 aliphatic heterocycles. The second kappa shape index (κ2) is 5.51. The molecule has 0 radical (unpaired) electrons. The van der Waals surface area contributed by atoms with Crippen LogP contribution in [0.1, 0.15) is 15.9 Å². The van der Waals surface area contributed by atoms with Crippen LogP contribution < -0.4 is 4.90 Å². The zero-order chi connectivity index (χ0) is 15.6. The molecule has 21 heavy (non-hydrogen) atoms. The maximum atomic E-state index is 13.9. The minimum absolute atomic E-state index is 0.395. The number of hydrogen-bond acceptors (Lipinski definition) is 2. The van der Waals surface area contributed by atoms with E-state index in [1.165, 1.54) is 31.6 Å². The van der Waals surface area contributed by atoms with Crippen molar-refractivity contribution in [1.29, 1.82) is 0 Å². The maximum absolute atomic E-state index is 13.9. The molecular formula is C14H10F4N2O. The topological polar surface area (TPSA) is 33.2 Å². The minimum atomic E-state index is -4.85. The zero-order valence-electron chi connectivity index (χ0n) is 10.9. The first kappa shape index (κ1) is 15.0. The second-order valence-corrected chi connectivity index (χ2v) is 4.23. The minimum Gasteiger partial charge on any atom is -0.311 e. The van der Waals surface area contributed by atoms with Gasteiger partial charge in [0, 0.05) is 25.1 Å². The number of pyridine rings is 1. The highest BCUT2D eigenvalue weighted by Gasteiger charge is 2.36. The smallest absolute Gasteiger partial charge is 0.311 e. The first-order valence-corrected chi connectivity index (χ1v) is 5.86. The highest BCUT2D eigenvalue weighted by atomic mass is 19.4. The lowest BCUT2D eigenvalue weighted by Crippen LogP contribution is -2.28. The van der Waals surface area contributed by atoms with Crippen LogP contribution in [0.4, 0.5) is 23.2 Å². The van der Waals surface area contributed by atoms with Crippen molar-refractivity contribution in [1.82, 2.24) is 4.98 Å². The third kappa shape index (κ3) is 3.01. The van der Waals surface area contributed by atoms with Gasteiger partial charge in [0.05, 0.1) is 11.1 Å². The molecule has 1 amide bonds. The number of amides is 1. The highest BCUT2D eigenvalue weighted by molar-refractivity contribution is 6.06. The van der Waals surface area contributed by atoms with Gasteiger partial charge in [-0.05, 0) is 24.3 Å². The van der Waals surface area contributed by atoms with Crippen molar-refractivity contribution >= 4 is 11.6 Å². The molecule has 110 valence electrons. The first-order chi connectivity index (χ1) is 9.82. The molecule has 0 spiro atoms. The van der Waals surface area contributed by atoms with Crippen LogP contribution in [0.15, 0.2) is 42.7 Å². The Hall–Kier alpha value is -2.44. The van der Waals surface area contributed by atoms with Gasteiger partial charge in [0.15, 0.2) is 0 Å². The van der Waals surface area contributed by atoms with Gasteiger partial charge in [-0.25, -0.2) is 4.39 Å². The van der Waals surface area contributed by atoms with Crippen molar-refractivity contribution in [3.8, 4) is 0 Å². The first-order valence-electron chi connectivity index (χ1n) is 5.86. The number of hydrogen-bond donors (Lipinski definition) is 0. The van der Waals surface area contributed by atoms with E-state index in [0.717, 1.165) is 17.0 Å².